The molecular weight excluding hydrogens is 239 g/mol. The maximum Gasteiger partial charge on any atom is 0.133 e. The molecule has 0 heterocycles. The van der Waals surface area contributed by atoms with Crippen LogP contribution in [0.1, 0.15) is 37.8 Å². The monoisotopic (exact) mass is 255 g/mol. The van der Waals surface area contributed by atoms with E-state index in [1.165, 1.54) is 0 Å². The van der Waals surface area contributed by atoms with Gasteiger partial charge < -0.3 is 5.32 Å². The Labute approximate surface area is 105 Å². The first-order chi connectivity index (χ1) is 8.60. The van der Waals surface area contributed by atoms with Crippen LogP contribution in [0.2, 0.25) is 0 Å². The summed E-state index contributed by atoms with van der Waals surface area (Å²) in [5.41, 5.74) is -0.139. The lowest BCUT2D eigenvalue weighted by molar-refractivity contribution is 0.442. The highest BCUT2D eigenvalue weighted by Crippen LogP contribution is 2.25. The Bertz CT molecular complexity index is 414. The third-order valence-corrected chi connectivity index (χ3v) is 2.61. The van der Waals surface area contributed by atoms with E-state index in [0.717, 1.165) is 6.42 Å². The topological polar surface area (TPSA) is 12.0 Å². The number of terminal acetylenes is 1. The summed E-state index contributed by atoms with van der Waals surface area (Å²) in [6.45, 7) is 2.56. The molecule has 0 spiro atoms. The molecule has 0 radical (unpaired) electrons. The van der Waals surface area contributed by atoms with Crippen molar-refractivity contribution in [2.75, 3.05) is 6.54 Å². The first-order valence-corrected chi connectivity index (χ1v) is 5.91. The van der Waals surface area contributed by atoms with Crippen molar-refractivity contribution in [3.05, 3.63) is 35.1 Å². The molecule has 1 atom stereocenters. The Morgan fingerprint density at radius 3 is 2.39 bits per heavy atom. The standard InChI is InChI=1S/C14H16F3N/c1-3-5-6-13(18-7-4-2)14-11(16)8-10(15)9-12(14)17/h1,8-9,13,18H,4-7H2,2H3. The fourth-order valence-corrected chi connectivity index (χ4v) is 1.78. The molecule has 18 heavy (non-hydrogen) atoms. The second kappa shape index (κ2) is 7.07. The fourth-order valence-electron chi connectivity index (χ4n) is 1.78. The zero-order valence-corrected chi connectivity index (χ0v) is 10.3. The van der Waals surface area contributed by atoms with E-state index in [2.05, 4.69) is 11.2 Å². The maximum absolute atomic E-state index is 13.6. The van der Waals surface area contributed by atoms with Gasteiger partial charge in [-0.15, -0.1) is 12.3 Å². The van der Waals surface area contributed by atoms with E-state index in [-0.39, 0.29) is 5.56 Å². The van der Waals surface area contributed by atoms with E-state index < -0.39 is 23.5 Å². The molecule has 0 amide bonds. The van der Waals surface area contributed by atoms with Gasteiger partial charge in [0.1, 0.15) is 17.5 Å². The minimum atomic E-state index is -0.917. The SMILES string of the molecule is C#CCCC(NCCC)c1c(F)cc(F)cc1F. The molecule has 98 valence electrons. The third kappa shape index (κ3) is 3.78. The smallest absolute Gasteiger partial charge is 0.133 e. The quantitative estimate of drug-likeness (QED) is 0.766. The highest BCUT2D eigenvalue weighted by atomic mass is 19.1. The summed E-state index contributed by atoms with van der Waals surface area (Å²) in [5.74, 6) is -0.235. The Hall–Kier alpha value is -1.47. The average Bonchev–Trinajstić information content (AvgIpc) is 2.30. The molecule has 1 rings (SSSR count). The van der Waals surface area contributed by atoms with Gasteiger partial charge in [-0.1, -0.05) is 6.92 Å². The van der Waals surface area contributed by atoms with Crippen molar-refractivity contribution in [3.8, 4) is 12.3 Å². The molecule has 1 N–H and O–H groups in total. The summed E-state index contributed by atoms with van der Waals surface area (Å²) in [4.78, 5) is 0. The van der Waals surface area contributed by atoms with Crippen molar-refractivity contribution in [1.29, 1.82) is 0 Å². The number of halogens is 3. The number of nitrogens with one attached hydrogen (secondary N) is 1. The second-order valence-electron chi connectivity index (χ2n) is 4.03. The van der Waals surface area contributed by atoms with Crippen molar-refractivity contribution >= 4 is 0 Å². The minimum Gasteiger partial charge on any atom is -0.310 e. The minimum absolute atomic E-state index is 0.139. The van der Waals surface area contributed by atoms with Crippen LogP contribution in [0.3, 0.4) is 0 Å². The molecule has 1 aromatic carbocycles. The molecule has 4 heteroatoms. The van der Waals surface area contributed by atoms with Crippen LogP contribution in [0.5, 0.6) is 0 Å². The highest BCUT2D eigenvalue weighted by molar-refractivity contribution is 5.24. The normalized spacial score (nSPS) is 12.2. The Kier molecular flexibility index (Phi) is 5.73. The summed E-state index contributed by atoms with van der Waals surface area (Å²) >= 11 is 0. The van der Waals surface area contributed by atoms with Crippen molar-refractivity contribution in [3.63, 3.8) is 0 Å². The molecule has 0 fully saturated rings. The predicted molar refractivity (Wildman–Crippen MR) is 65.4 cm³/mol. The number of rotatable bonds is 6. The van der Waals surface area contributed by atoms with E-state index in [1.807, 2.05) is 6.92 Å². The van der Waals surface area contributed by atoms with Gasteiger partial charge in [0, 0.05) is 30.2 Å². The van der Waals surface area contributed by atoms with Crippen LogP contribution in [-0.4, -0.2) is 6.54 Å². The van der Waals surface area contributed by atoms with Crippen LogP contribution in [-0.2, 0) is 0 Å². The molecule has 0 aliphatic heterocycles. The summed E-state index contributed by atoms with van der Waals surface area (Å²) in [6, 6.07) is 0.852. The van der Waals surface area contributed by atoms with Crippen LogP contribution < -0.4 is 5.32 Å². The highest BCUT2D eigenvalue weighted by Gasteiger charge is 2.20. The molecule has 0 bridgehead atoms. The molecule has 0 aliphatic carbocycles. The van der Waals surface area contributed by atoms with E-state index >= 15 is 0 Å². The van der Waals surface area contributed by atoms with Gasteiger partial charge in [0.2, 0.25) is 0 Å². The van der Waals surface area contributed by atoms with Crippen LogP contribution in [0.15, 0.2) is 12.1 Å². The molecule has 1 nitrogen and oxygen atoms in total. The van der Waals surface area contributed by atoms with Gasteiger partial charge in [-0.3, -0.25) is 0 Å². The third-order valence-electron chi connectivity index (χ3n) is 2.61. The van der Waals surface area contributed by atoms with E-state index in [1.54, 1.807) is 0 Å². The average molecular weight is 255 g/mol. The van der Waals surface area contributed by atoms with Crippen LogP contribution in [0.4, 0.5) is 13.2 Å². The summed E-state index contributed by atoms with van der Waals surface area (Å²) in [5, 5.41) is 3.02. The number of benzene rings is 1. The van der Waals surface area contributed by atoms with Crippen molar-refractivity contribution < 1.29 is 13.2 Å². The number of hydrogen-bond acceptors (Lipinski definition) is 1. The molecule has 1 aromatic rings. The Morgan fingerprint density at radius 2 is 1.89 bits per heavy atom. The largest absolute Gasteiger partial charge is 0.310 e. The van der Waals surface area contributed by atoms with Gasteiger partial charge in [0.15, 0.2) is 0 Å². The lowest BCUT2D eigenvalue weighted by Gasteiger charge is -2.19. The first kappa shape index (κ1) is 14.6. The van der Waals surface area contributed by atoms with Crippen LogP contribution >= 0.6 is 0 Å². The maximum atomic E-state index is 13.6. The van der Waals surface area contributed by atoms with E-state index in [4.69, 9.17) is 6.42 Å². The van der Waals surface area contributed by atoms with Crippen molar-refractivity contribution in [2.45, 2.75) is 32.2 Å². The Morgan fingerprint density at radius 1 is 1.28 bits per heavy atom. The fraction of sp³-hybridized carbons (Fsp3) is 0.429. The lowest BCUT2D eigenvalue weighted by atomic mass is 10.0. The van der Waals surface area contributed by atoms with Crippen molar-refractivity contribution in [2.24, 2.45) is 0 Å². The zero-order chi connectivity index (χ0) is 13.5. The zero-order valence-electron chi connectivity index (χ0n) is 10.3. The molecule has 1 unspecified atom stereocenters. The van der Waals surface area contributed by atoms with Gasteiger partial charge in [0.05, 0.1) is 0 Å². The van der Waals surface area contributed by atoms with Gasteiger partial charge in [-0.25, -0.2) is 13.2 Å². The molecule has 0 aromatic heterocycles. The lowest BCUT2D eigenvalue weighted by Crippen LogP contribution is -2.24. The van der Waals surface area contributed by atoms with E-state index in [9.17, 15) is 13.2 Å². The van der Waals surface area contributed by atoms with Crippen LogP contribution in [0.25, 0.3) is 0 Å². The number of hydrogen-bond donors (Lipinski definition) is 1. The second-order valence-corrected chi connectivity index (χ2v) is 4.03. The first-order valence-electron chi connectivity index (χ1n) is 5.91. The summed E-state index contributed by atoms with van der Waals surface area (Å²) in [6.07, 6.45) is 6.80. The van der Waals surface area contributed by atoms with Gasteiger partial charge in [0.25, 0.3) is 0 Å². The van der Waals surface area contributed by atoms with Gasteiger partial charge >= 0.3 is 0 Å². The molecular formula is C14H16F3N. The molecule has 0 saturated carbocycles. The molecule has 0 aliphatic rings. The van der Waals surface area contributed by atoms with Gasteiger partial charge in [-0.2, -0.15) is 0 Å². The predicted octanol–water partition coefficient (Wildman–Crippen LogP) is 3.56. The van der Waals surface area contributed by atoms with E-state index in [0.29, 0.717) is 31.5 Å². The van der Waals surface area contributed by atoms with Gasteiger partial charge in [-0.05, 0) is 19.4 Å². The van der Waals surface area contributed by atoms with Crippen molar-refractivity contribution in [1.82, 2.24) is 5.32 Å². The molecule has 0 saturated heterocycles. The summed E-state index contributed by atoms with van der Waals surface area (Å²) < 4.78 is 40.1. The Balaban J connectivity index is 3.00. The van der Waals surface area contributed by atoms with Crippen LogP contribution in [0, 0.1) is 29.8 Å². The summed E-state index contributed by atoms with van der Waals surface area (Å²) in [7, 11) is 0.